The number of benzene rings is 3. The average Bonchev–Trinajstić information content (AvgIpc) is 3.79. The second kappa shape index (κ2) is 7.85. The number of likely N-dealkylation sites (N-methyl/N-ethyl adjacent to an activating group) is 5. The van der Waals surface area contributed by atoms with Crippen molar-refractivity contribution in [1.82, 2.24) is 14.7 Å². The lowest BCUT2D eigenvalue weighted by molar-refractivity contribution is 0.136. The van der Waals surface area contributed by atoms with E-state index in [4.69, 9.17) is 0 Å². The fourth-order valence-corrected chi connectivity index (χ4v) is 11.3. The molecule has 1 N–H and O–H groups in total. The fourth-order valence-electron chi connectivity index (χ4n) is 11.3. The van der Waals surface area contributed by atoms with Crippen LogP contribution in [-0.4, -0.2) is 88.1 Å². The first kappa shape index (κ1) is 24.5. The van der Waals surface area contributed by atoms with Gasteiger partial charge in [-0.1, -0.05) is 54.6 Å². The van der Waals surface area contributed by atoms with Crippen LogP contribution in [0.5, 0.6) is 0 Å². The van der Waals surface area contributed by atoms with E-state index < -0.39 is 0 Å². The van der Waals surface area contributed by atoms with Crippen LogP contribution in [0.2, 0.25) is 0 Å². The molecule has 6 aliphatic heterocycles. The summed E-state index contributed by atoms with van der Waals surface area (Å²) in [5.41, 5.74) is 10.3. The van der Waals surface area contributed by atoms with E-state index in [1.807, 2.05) is 0 Å². The predicted octanol–water partition coefficient (Wildman–Crippen LogP) is 4.46. The lowest BCUT2D eigenvalue weighted by atomic mass is 9.54. The number of anilines is 3. The minimum absolute atomic E-state index is 0.00987. The summed E-state index contributed by atoms with van der Waals surface area (Å²) in [5.74, 6) is 0. The molecule has 212 valence electrons. The van der Waals surface area contributed by atoms with Gasteiger partial charge in [0.25, 0.3) is 0 Å². The van der Waals surface area contributed by atoms with Gasteiger partial charge in [0.2, 0.25) is 0 Å². The Balaban J connectivity index is 1.32. The third-order valence-electron chi connectivity index (χ3n) is 12.6. The van der Waals surface area contributed by atoms with E-state index >= 15 is 0 Å². The van der Waals surface area contributed by atoms with Crippen molar-refractivity contribution in [2.24, 2.45) is 0 Å². The molecule has 0 aliphatic carbocycles. The molecule has 3 aromatic rings. The van der Waals surface area contributed by atoms with Gasteiger partial charge in [-0.25, -0.2) is 0 Å². The molecule has 0 unspecified atom stereocenters. The maximum Gasteiger partial charge on any atom is 0.0956 e. The monoisotopic (exact) mass is 546 g/mol. The minimum atomic E-state index is -0.0508. The second-order valence-corrected chi connectivity index (χ2v) is 13.9. The Hall–Kier alpha value is -3.06. The van der Waals surface area contributed by atoms with Crippen molar-refractivity contribution in [2.75, 3.05) is 70.0 Å². The van der Waals surface area contributed by atoms with E-state index in [0.717, 1.165) is 26.1 Å². The molecule has 0 amide bonds. The Bertz CT molecular complexity index is 1590. The summed E-state index contributed by atoms with van der Waals surface area (Å²) < 4.78 is 0. The Labute approximate surface area is 244 Å². The highest BCUT2D eigenvalue weighted by Gasteiger charge is 2.72. The van der Waals surface area contributed by atoms with E-state index in [2.05, 4.69) is 132 Å². The van der Waals surface area contributed by atoms with E-state index in [1.54, 1.807) is 11.1 Å². The van der Waals surface area contributed by atoms with Crippen LogP contribution in [0.15, 0.2) is 66.7 Å². The van der Waals surface area contributed by atoms with E-state index in [9.17, 15) is 0 Å². The highest BCUT2D eigenvalue weighted by atomic mass is 15.4. The molecule has 3 aromatic carbocycles. The van der Waals surface area contributed by atoms with E-state index in [-0.39, 0.29) is 22.4 Å². The van der Waals surface area contributed by atoms with Crippen LogP contribution in [-0.2, 0) is 16.2 Å². The van der Waals surface area contributed by atoms with Crippen molar-refractivity contribution in [3.8, 4) is 0 Å². The van der Waals surface area contributed by atoms with Crippen molar-refractivity contribution in [1.29, 1.82) is 0 Å². The van der Waals surface area contributed by atoms with Gasteiger partial charge in [0, 0.05) is 61.6 Å². The zero-order valence-corrected chi connectivity index (χ0v) is 25.1. The highest BCUT2D eigenvalue weighted by molar-refractivity contribution is 5.79. The summed E-state index contributed by atoms with van der Waals surface area (Å²) in [6.07, 6.45) is 4.46. The second-order valence-electron chi connectivity index (χ2n) is 13.9. The molecule has 3 saturated heterocycles. The summed E-state index contributed by atoms with van der Waals surface area (Å²) in [4.78, 5) is 13.0. The summed E-state index contributed by atoms with van der Waals surface area (Å²) in [6.45, 7) is 3.36. The van der Waals surface area contributed by atoms with Gasteiger partial charge in [0.15, 0.2) is 0 Å². The number of nitrogens with one attached hydrogen (secondary N) is 1. The smallest absolute Gasteiger partial charge is 0.0956 e. The molecule has 3 fully saturated rings. The number of fused-ring (bicyclic) bond motifs is 10. The average molecular weight is 547 g/mol. The summed E-state index contributed by atoms with van der Waals surface area (Å²) in [6, 6.07) is 25.9. The van der Waals surface area contributed by atoms with Gasteiger partial charge in [0.05, 0.1) is 23.9 Å². The van der Waals surface area contributed by atoms with Gasteiger partial charge in [-0.3, -0.25) is 14.7 Å². The molecule has 0 bridgehead atoms. The van der Waals surface area contributed by atoms with Gasteiger partial charge in [0.1, 0.15) is 0 Å². The number of para-hydroxylation sites is 3. The lowest BCUT2D eigenvalue weighted by Crippen LogP contribution is -2.61. The zero-order valence-electron chi connectivity index (χ0n) is 25.1. The number of likely N-dealkylation sites (tertiary alicyclic amines) is 3. The van der Waals surface area contributed by atoms with Crippen molar-refractivity contribution in [2.45, 2.75) is 54.0 Å². The number of rotatable bonds is 2. The Morgan fingerprint density at radius 1 is 0.561 bits per heavy atom. The SMILES string of the molecule is CN1CC[C@@]2(c3cccc4c3N[C@H]3N(C)CC[C@]43[C@]34CCN(C)[C@@H]3N(C)c3ccccc34)c3ccccc3N(C)[C@@H]12. The summed E-state index contributed by atoms with van der Waals surface area (Å²) in [7, 11) is 11.7. The highest BCUT2D eigenvalue weighted by Crippen LogP contribution is 2.69. The summed E-state index contributed by atoms with van der Waals surface area (Å²) in [5, 5.41) is 4.30. The third kappa shape index (κ3) is 2.51. The fraction of sp³-hybridized carbons (Fsp3) is 0.486. The van der Waals surface area contributed by atoms with E-state index in [1.165, 1.54) is 41.0 Å². The normalized spacial score (nSPS) is 37.1. The lowest BCUT2D eigenvalue weighted by Gasteiger charge is -2.49. The molecular formula is C35H42N6. The molecular weight excluding hydrogens is 504 g/mol. The molecule has 6 heterocycles. The molecule has 0 aromatic heterocycles. The molecule has 6 aliphatic rings. The number of hydrogen-bond acceptors (Lipinski definition) is 6. The zero-order chi connectivity index (χ0) is 27.9. The van der Waals surface area contributed by atoms with Gasteiger partial charge >= 0.3 is 0 Å². The molecule has 0 saturated carbocycles. The summed E-state index contributed by atoms with van der Waals surface area (Å²) >= 11 is 0. The Morgan fingerprint density at radius 3 is 1.93 bits per heavy atom. The van der Waals surface area contributed by atoms with E-state index in [0.29, 0.717) is 12.3 Å². The minimum Gasteiger partial charge on any atom is -0.368 e. The van der Waals surface area contributed by atoms with Crippen molar-refractivity contribution >= 4 is 17.1 Å². The molecule has 0 radical (unpaired) electrons. The largest absolute Gasteiger partial charge is 0.368 e. The van der Waals surface area contributed by atoms with Crippen LogP contribution in [0.25, 0.3) is 0 Å². The topological polar surface area (TPSA) is 28.2 Å². The molecule has 9 rings (SSSR count). The number of nitrogens with zero attached hydrogens (tertiary/aromatic N) is 5. The molecule has 41 heavy (non-hydrogen) atoms. The van der Waals surface area contributed by atoms with Crippen LogP contribution >= 0.6 is 0 Å². The predicted molar refractivity (Wildman–Crippen MR) is 167 cm³/mol. The maximum atomic E-state index is 4.30. The molecule has 6 atom stereocenters. The molecule has 6 heteroatoms. The molecule has 0 spiro atoms. The first-order chi connectivity index (χ1) is 19.9. The Morgan fingerprint density at radius 2 is 1.12 bits per heavy atom. The third-order valence-corrected chi connectivity index (χ3v) is 12.6. The van der Waals surface area contributed by atoms with Crippen molar-refractivity contribution < 1.29 is 0 Å². The van der Waals surface area contributed by atoms with Crippen LogP contribution in [0.1, 0.15) is 41.5 Å². The Kier molecular flexibility index (Phi) is 4.70. The standard InChI is InChI=1S/C35H42N6/c1-37-21-18-34(35-19-22-39(3)32(35)41(5)28-16-9-7-12-24(28)35)26-14-10-13-25(29(26)36-30(34)37)33-17-20-38(2)31(33)40(4)27-15-8-6-11-23(27)33/h6-16,30-32,36H,17-22H2,1-5H3/t30-,31+,32+,33-,34-,35-/m0/s1. The first-order valence-electron chi connectivity index (χ1n) is 15.5. The molecule has 6 nitrogen and oxygen atoms in total. The van der Waals surface area contributed by atoms with Crippen LogP contribution in [0, 0.1) is 0 Å². The number of hydrogen-bond donors (Lipinski definition) is 1. The van der Waals surface area contributed by atoms with Crippen LogP contribution < -0.4 is 15.1 Å². The van der Waals surface area contributed by atoms with Crippen molar-refractivity contribution in [3.63, 3.8) is 0 Å². The van der Waals surface area contributed by atoms with Gasteiger partial charge in [-0.2, -0.15) is 0 Å². The van der Waals surface area contributed by atoms with Crippen molar-refractivity contribution in [3.05, 3.63) is 89.0 Å². The van der Waals surface area contributed by atoms with Crippen LogP contribution in [0.3, 0.4) is 0 Å². The van der Waals surface area contributed by atoms with Gasteiger partial charge in [-0.15, -0.1) is 0 Å². The maximum absolute atomic E-state index is 4.30. The quantitative estimate of drug-likeness (QED) is 0.511. The first-order valence-corrected chi connectivity index (χ1v) is 15.5. The van der Waals surface area contributed by atoms with Gasteiger partial charge in [-0.05, 0) is 74.8 Å². The van der Waals surface area contributed by atoms with Gasteiger partial charge < -0.3 is 15.1 Å². The van der Waals surface area contributed by atoms with Crippen LogP contribution in [0.4, 0.5) is 17.1 Å².